The van der Waals surface area contributed by atoms with Crippen molar-refractivity contribution in [3.63, 3.8) is 0 Å². The van der Waals surface area contributed by atoms with Crippen LogP contribution in [-0.2, 0) is 26.6 Å². The van der Waals surface area contributed by atoms with E-state index >= 15 is 0 Å². The fourth-order valence-electron chi connectivity index (χ4n) is 4.85. The van der Waals surface area contributed by atoms with Gasteiger partial charge in [0.1, 0.15) is 0 Å². The quantitative estimate of drug-likeness (QED) is 0.167. The van der Waals surface area contributed by atoms with Crippen molar-refractivity contribution in [2.75, 3.05) is 20.3 Å². The molecule has 3 rings (SSSR count). The fourth-order valence-corrected chi connectivity index (χ4v) is 4.85. The summed E-state index contributed by atoms with van der Waals surface area (Å²) in [6.45, 7) is 1.07. The molecule has 1 aromatic rings. The molecule has 0 aromatic heterocycles. The molecule has 1 fully saturated rings. The third kappa shape index (κ3) is 7.18. The molecule has 39 heavy (non-hydrogen) atoms. The molecule has 0 saturated carbocycles. The van der Waals surface area contributed by atoms with Gasteiger partial charge in [-0.05, 0) is 55.5 Å². The number of nitrogens with one attached hydrogen (secondary N) is 1. The van der Waals surface area contributed by atoms with Gasteiger partial charge in [0.15, 0.2) is 0 Å². The van der Waals surface area contributed by atoms with E-state index in [-0.39, 0.29) is 50.5 Å². The summed E-state index contributed by atoms with van der Waals surface area (Å²) in [5.74, 6) is -0.581. The molecule has 13 heteroatoms. The Morgan fingerprint density at radius 1 is 1.10 bits per heavy atom. The first-order valence-corrected chi connectivity index (χ1v) is 12.4. The number of carbonyl (C=O) groups excluding carboxylic acids is 1. The van der Waals surface area contributed by atoms with E-state index < -0.39 is 51.6 Å². The number of hydrogen-bond acceptors (Lipinski definition) is 6. The molecule has 0 radical (unpaired) electrons. The third-order valence-corrected chi connectivity index (χ3v) is 7.39. The Bertz CT molecular complexity index is 1090. The molecular formula is C26H30F6N2O5. The molecular weight excluding hydrogens is 534 g/mol. The van der Waals surface area contributed by atoms with Crippen LogP contribution in [0.15, 0.2) is 42.0 Å². The van der Waals surface area contributed by atoms with E-state index in [2.05, 4.69) is 10.1 Å². The van der Waals surface area contributed by atoms with Gasteiger partial charge >= 0.3 is 18.3 Å². The second-order valence-electron chi connectivity index (χ2n) is 9.92. The molecule has 1 aromatic carbocycles. The van der Waals surface area contributed by atoms with Crippen LogP contribution in [0.4, 0.5) is 26.3 Å². The van der Waals surface area contributed by atoms with Crippen LogP contribution in [0.5, 0.6) is 0 Å². The van der Waals surface area contributed by atoms with Crippen molar-refractivity contribution in [3.05, 3.63) is 68.8 Å². The highest BCUT2D eigenvalue weighted by molar-refractivity contribution is 5.69. The van der Waals surface area contributed by atoms with Gasteiger partial charge in [0.05, 0.1) is 49.5 Å². The van der Waals surface area contributed by atoms with Gasteiger partial charge in [-0.3, -0.25) is 20.2 Å². The van der Waals surface area contributed by atoms with E-state index in [0.29, 0.717) is 18.6 Å². The molecule has 0 bridgehead atoms. The average molecular weight is 565 g/mol. The zero-order valence-corrected chi connectivity index (χ0v) is 21.5. The second-order valence-corrected chi connectivity index (χ2v) is 9.92. The van der Waals surface area contributed by atoms with Gasteiger partial charge in [0.2, 0.25) is 5.54 Å². The van der Waals surface area contributed by atoms with Crippen molar-refractivity contribution in [1.82, 2.24) is 5.32 Å². The van der Waals surface area contributed by atoms with Crippen LogP contribution in [0.1, 0.15) is 68.2 Å². The van der Waals surface area contributed by atoms with Crippen LogP contribution < -0.4 is 5.32 Å². The summed E-state index contributed by atoms with van der Waals surface area (Å²) in [4.78, 5) is 23.2. The smallest absolute Gasteiger partial charge is 0.416 e. The lowest BCUT2D eigenvalue weighted by Crippen LogP contribution is -2.63. The van der Waals surface area contributed by atoms with Gasteiger partial charge in [-0.25, -0.2) is 0 Å². The number of nitrogens with zero attached hydrogens (tertiary/aromatic N) is 1. The van der Waals surface area contributed by atoms with Crippen molar-refractivity contribution in [2.24, 2.45) is 0 Å². The Morgan fingerprint density at radius 2 is 1.74 bits per heavy atom. The van der Waals surface area contributed by atoms with Crippen LogP contribution >= 0.6 is 0 Å². The highest BCUT2D eigenvalue weighted by Crippen LogP contribution is 2.40. The van der Waals surface area contributed by atoms with Gasteiger partial charge < -0.3 is 9.47 Å². The number of methoxy groups -OCH3 is 1. The maximum atomic E-state index is 13.3. The Balaban J connectivity index is 1.86. The summed E-state index contributed by atoms with van der Waals surface area (Å²) in [5.41, 5.74) is -4.82. The van der Waals surface area contributed by atoms with E-state index in [1.165, 1.54) is 14.0 Å². The van der Waals surface area contributed by atoms with Gasteiger partial charge in [0, 0.05) is 17.8 Å². The second kappa shape index (κ2) is 11.7. The number of allylic oxidation sites excluding steroid dienone is 2. The van der Waals surface area contributed by atoms with Crippen LogP contribution in [0.3, 0.4) is 0 Å². The van der Waals surface area contributed by atoms with Gasteiger partial charge in [-0.15, -0.1) is 0 Å². The molecule has 1 N–H and O–H groups in total. The molecule has 2 aliphatic rings. The number of hydrogen-bond donors (Lipinski definition) is 1. The molecule has 0 spiro atoms. The summed E-state index contributed by atoms with van der Waals surface area (Å²) in [5, 5.41) is 15.2. The van der Waals surface area contributed by atoms with Crippen molar-refractivity contribution in [3.8, 4) is 0 Å². The number of benzene rings is 1. The summed E-state index contributed by atoms with van der Waals surface area (Å²) in [6.07, 6.45) is -3.95. The number of rotatable bonds is 9. The predicted molar refractivity (Wildman–Crippen MR) is 128 cm³/mol. The molecule has 0 unspecified atom stereocenters. The summed E-state index contributed by atoms with van der Waals surface area (Å²) < 4.78 is 90.5. The first kappa shape index (κ1) is 30.6. The Labute approximate surface area is 221 Å². The van der Waals surface area contributed by atoms with Crippen molar-refractivity contribution < 1.29 is 45.5 Å². The standard InChI is InChI=1S/C26H30F6N2O5/c1-17(18-12-20(25(27,28)29)14-21(13-18)26(30,31)32)39-16-24(19-6-4-3-5-7-19)11-10-23(15-33-24,34(36)37)9-8-22(35)38-2/h4,6-7,12-14,17,33H,3,5,8-11,15-16H2,1-2H3/t17-,23-,24-/m1/s1. The first-order chi connectivity index (χ1) is 18.1. The van der Waals surface area contributed by atoms with Crippen LogP contribution in [0.2, 0.25) is 0 Å². The maximum absolute atomic E-state index is 13.3. The average Bonchev–Trinajstić information content (AvgIpc) is 2.90. The number of nitro groups is 1. The molecule has 216 valence electrons. The Kier molecular flexibility index (Phi) is 9.16. The largest absolute Gasteiger partial charge is 0.469 e. The first-order valence-electron chi connectivity index (χ1n) is 12.4. The van der Waals surface area contributed by atoms with E-state index in [0.717, 1.165) is 12.0 Å². The monoisotopic (exact) mass is 564 g/mol. The molecule has 1 saturated heterocycles. The van der Waals surface area contributed by atoms with Crippen LogP contribution in [0, 0.1) is 10.1 Å². The minimum Gasteiger partial charge on any atom is -0.469 e. The Hall–Kier alpha value is -2.93. The number of esters is 1. The molecule has 1 aliphatic carbocycles. The van der Waals surface area contributed by atoms with Crippen LogP contribution in [0.25, 0.3) is 0 Å². The van der Waals surface area contributed by atoms with Crippen molar-refractivity contribution >= 4 is 5.97 Å². The molecule has 1 aliphatic heterocycles. The number of piperidine rings is 1. The number of alkyl halides is 6. The maximum Gasteiger partial charge on any atom is 0.416 e. The minimum absolute atomic E-state index is 0.0591. The normalized spacial score (nSPS) is 24.7. The van der Waals surface area contributed by atoms with Gasteiger partial charge in [0.25, 0.3) is 0 Å². The summed E-state index contributed by atoms with van der Waals surface area (Å²) in [7, 11) is 1.19. The summed E-state index contributed by atoms with van der Waals surface area (Å²) in [6, 6.07) is 1.32. The number of carbonyl (C=O) groups is 1. The summed E-state index contributed by atoms with van der Waals surface area (Å²) >= 11 is 0. The van der Waals surface area contributed by atoms with E-state index in [1.807, 2.05) is 18.2 Å². The third-order valence-electron chi connectivity index (χ3n) is 7.39. The molecule has 3 atom stereocenters. The zero-order chi connectivity index (χ0) is 29.1. The molecule has 0 amide bonds. The van der Waals surface area contributed by atoms with Gasteiger partial charge in [-0.1, -0.05) is 18.2 Å². The number of halogens is 6. The van der Waals surface area contributed by atoms with Crippen LogP contribution in [-0.4, -0.2) is 42.2 Å². The van der Waals surface area contributed by atoms with Gasteiger partial charge in [-0.2, -0.15) is 26.3 Å². The lowest BCUT2D eigenvalue weighted by atomic mass is 9.73. The predicted octanol–water partition coefficient (Wildman–Crippen LogP) is 6.17. The highest BCUT2D eigenvalue weighted by Gasteiger charge is 2.51. The topological polar surface area (TPSA) is 90.7 Å². The van der Waals surface area contributed by atoms with Crippen molar-refractivity contribution in [1.29, 1.82) is 0 Å². The van der Waals surface area contributed by atoms with E-state index in [4.69, 9.17) is 4.74 Å². The molecule has 1 heterocycles. The van der Waals surface area contributed by atoms with E-state index in [9.17, 15) is 41.3 Å². The lowest BCUT2D eigenvalue weighted by Gasteiger charge is -2.44. The Morgan fingerprint density at radius 3 is 2.21 bits per heavy atom. The minimum atomic E-state index is -4.99. The highest BCUT2D eigenvalue weighted by atomic mass is 19.4. The fraction of sp³-hybridized carbons (Fsp3) is 0.577. The van der Waals surface area contributed by atoms with Crippen molar-refractivity contribution in [2.45, 2.75) is 75.0 Å². The van der Waals surface area contributed by atoms with E-state index in [1.54, 1.807) is 0 Å². The SMILES string of the molecule is COC(=O)CC[C@@]1([N+](=O)[O-])CC[C@@](CO[C@H](C)c2cc(C(F)(F)F)cc(C(F)(F)F)c2)(C2=CCCC=C2)NC1. The zero-order valence-electron chi connectivity index (χ0n) is 21.5. The number of ether oxygens (including phenoxy) is 2. The molecule has 7 nitrogen and oxygen atoms in total. The lowest BCUT2D eigenvalue weighted by molar-refractivity contribution is -0.573.